The Morgan fingerprint density at radius 1 is 1.00 bits per heavy atom. The lowest BCUT2D eigenvalue weighted by Crippen LogP contribution is -2.67. The standard InChI is InChI=1S/C34H36FN3O4/c1-4-18-42-28-15-14-23(19-29(28)41-5-2)25-20-38-30(39)21-37(17-16-22-10-6-8-12-26(22)35)33(40)34(38,3)32-31(25)24-11-7-9-13-27(24)36-32/h6-15,19,25,36H,4-5,16-18,20-21H2,1-3H3/t25?,34-/m0/s1. The number of benzene rings is 3. The number of amides is 2. The second kappa shape index (κ2) is 11.2. The molecular weight excluding hydrogens is 533 g/mol. The van der Waals surface area contributed by atoms with Gasteiger partial charge in [0, 0.05) is 29.9 Å². The van der Waals surface area contributed by atoms with E-state index in [0.29, 0.717) is 43.2 Å². The molecule has 0 bridgehead atoms. The number of carbonyl (C=O) groups is 2. The molecule has 2 atom stereocenters. The first-order chi connectivity index (χ1) is 20.4. The van der Waals surface area contributed by atoms with Crippen LogP contribution in [0.4, 0.5) is 4.39 Å². The first kappa shape index (κ1) is 27.8. The van der Waals surface area contributed by atoms with E-state index >= 15 is 0 Å². The molecule has 0 aliphatic carbocycles. The first-order valence-corrected chi connectivity index (χ1v) is 14.7. The summed E-state index contributed by atoms with van der Waals surface area (Å²) in [5, 5.41) is 1.02. The highest BCUT2D eigenvalue weighted by Crippen LogP contribution is 2.49. The van der Waals surface area contributed by atoms with Gasteiger partial charge < -0.3 is 24.3 Å². The number of halogens is 1. The van der Waals surface area contributed by atoms with Crippen LogP contribution in [0.5, 0.6) is 11.5 Å². The molecule has 1 N–H and O–H groups in total. The number of para-hydroxylation sites is 1. The topological polar surface area (TPSA) is 74.9 Å². The Morgan fingerprint density at radius 3 is 2.57 bits per heavy atom. The van der Waals surface area contributed by atoms with Gasteiger partial charge in [0.25, 0.3) is 5.91 Å². The van der Waals surface area contributed by atoms with Crippen LogP contribution < -0.4 is 9.47 Å². The number of fused-ring (bicyclic) bond motifs is 5. The number of nitrogens with zero attached hydrogens (tertiary/aromatic N) is 2. The molecule has 0 spiro atoms. The first-order valence-electron chi connectivity index (χ1n) is 14.7. The molecule has 3 heterocycles. The average molecular weight is 570 g/mol. The highest BCUT2D eigenvalue weighted by molar-refractivity contribution is 6.01. The monoisotopic (exact) mass is 569 g/mol. The van der Waals surface area contributed by atoms with Gasteiger partial charge in [0.05, 0.1) is 25.5 Å². The van der Waals surface area contributed by atoms with Crippen LogP contribution in [0, 0.1) is 5.82 Å². The number of hydrogen-bond acceptors (Lipinski definition) is 4. The number of aromatic nitrogens is 1. The molecule has 0 saturated carbocycles. The van der Waals surface area contributed by atoms with E-state index < -0.39 is 5.54 Å². The quantitative estimate of drug-likeness (QED) is 0.278. The lowest BCUT2D eigenvalue weighted by Gasteiger charge is -2.51. The van der Waals surface area contributed by atoms with Crippen molar-refractivity contribution in [3.8, 4) is 11.5 Å². The van der Waals surface area contributed by atoms with Crippen molar-refractivity contribution in [2.24, 2.45) is 0 Å². The van der Waals surface area contributed by atoms with E-state index in [-0.39, 0.29) is 36.6 Å². The maximum atomic E-state index is 14.3. The second-order valence-electron chi connectivity index (χ2n) is 11.1. The van der Waals surface area contributed by atoms with Crippen molar-refractivity contribution < 1.29 is 23.5 Å². The minimum absolute atomic E-state index is 0.0425. The summed E-state index contributed by atoms with van der Waals surface area (Å²) in [6, 6.07) is 20.5. The predicted octanol–water partition coefficient (Wildman–Crippen LogP) is 5.77. The number of aromatic amines is 1. The Kier molecular flexibility index (Phi) is 7.39. The number of H-pyrrole nitrogens is 1. The van der Waals surface area contributed by atoms with Gasteiger partial charge in [-0.25, -0.2) is 4.39 Å². The summed E-state index contributed by atoms with van der Waals surface area (Å²) in [5.41, 5.74) is 2.92. The normalized spacial score (nSPS) is 20.0. The summed E-state index contributed by atoms with van der Waals surface area (Å²) in [6.45, 7) is 7.48. The summed E-state index contributed by atoms with van der Waals surface area (Å²) in [7, 11) is 0. The van der Waals surface area contributed by atoms with Gasteiger partial charge in [0.1, 0.15) is 5.82 Å². The molecule has 2 aliphatic rings. The van der Waals surface area contributed by atoms with Gasteiger partial charge in [-0.1, -0.05) is 49.4 Å². The predicted molar refractivity (Wildman–Crippen MR) is 159 cm³/mol. The largest absolute Gasteiger partial charge is 0.490 e. The number of rotatable bonds is 9. The van der Waals surface area contributed by atoms with Crippen LogP contribution >= 0.6 is 0 Å². The highest BCUT2D eigenvalue weighted by atomic mass is 19.1. The minimum atomic E-state index is -1.22. The third-order valence-electron chi connectivity index (χ3n) is 8.56. The van der Waals surface area contributed by atoms with E-state index in [4.69, 9.17) is 9.47 Å². The molecule has 4 aromatic rings. The van der Waals surface area contributed by atoms with E-state index in [0.717, 1.165) is 34.1 Å². The van der Waals surface area contributed by atoms with Crippen LogP contribution in [0.1, 0.15) is 55.5 Å². The Labute approximate surface area is 245 Å². The number of carbonyl (C=O) groups excluding carboxylic acids is 2. The molecule has 7 nitrogen and oxygen atoms in total. The molecule has 218 valence electrons. The van der Waals surface area contributed by atoms with E-state index in [9.17, 15) is 14.0 Å². The van der Waals surface area contributed by atoms with E-state index in [1.165, 1.54) is 6.07 Å². The van der Waals surface area contributed by atoms with Crippen molar-refractivity contribution >= 4 is 22.7 Å². The Balaban J connectivity index is 1.42. The molecule has 1 unspecified atom stereocenters. The van der Waals surface area contributed by atoms with Gasteiger partial charge >= 0.3 is 0 Å². The fourth-order valence-electron chi connectivity index (χ4n) is 6.45. The lowest BCUT2D eigenvalue weighted by molar-refractivity contribution is -0.166. The van der Waals surface area contributed by atoms with Crippen LogP contribution in [-0.4, -0.2) is 59.4 Å². The van der Waals surface area contributed by atoms with E-state index in [1.54, 1.807) is 28.0 Å². The summed E-state index contributed by atoms with van der Waals surface area (Å²) in [4.78, 5) is 34.9. The molecular formula is C34H36FN3O4. The zero-order valence-electron chi connectivity index (χ0n) is 24.3. The fourth-order valence-corrected chi connectivity index (χ4v) is 6.45. The van der Waals surface area contributed by atoms with Crippen molar-refractivity contribution in [2.45, 2.75) is 45.1 Å². The summed E-state index contributed by atoms with van der Waals surface area (Å²) in [5.74, 6) is 0.564. The van der Waals surface area contributed by atoms with Crippen molar-refractivity contribution in [3.05, 3.63) is 94.9 Å². The lowest BCUT2D eigenvalue weighted by atomic mass is 9.76. The van der Waals surface area contributed by atoms with Gasteiger partial charge in [-0.15, -0.1) is 0 Å². The van der Waals surface area contributed by atoms with Crippen molar-refractivity contribution in [2.75, 3.05) is 32.8 Å². The maximum absolute atomic E-state index is 14.3. The Morgan fingerprint density at radius 2 is 1.79 bits per heavy atom. The van der Waals surface area contributed by atoms with Crippen LogP contribution in [0.25, 0.3) is 10.9 Å². The molecule has 1 saturated heterocycles. The third kappa shape index (κ3) is 4.59. The molecule has 0 radical (unpaired) electrons. The van der Waals surface area contributed by atoms with Crippen molar-refractivity contribution in [1.82, 2.24) is 14.8 Å². The van der Waals surface area contributed by atoms with E-state index in [2.05, 4.69) is 18.0 Å². The average Bonchev–Trinajstić information content (AvgIpc) is 3.39. The van der Waals surface area contributed by atoms with Gasteiger partial charge in [0.15, 0.2) is 17.0 Å². The summed E-state index contributed by atoms with van der Waals surface area (Å²) in [6.07, 6.45) is 1.21. The summed E-state index contributed by atoms with van der Waals surface area (Å²) < 4.78 is 26.3. The molecule has 1 fully saturated rings. The zero-order valence-corrected chi connectivity index (χ0v) is 24.3. The third-order valence-corrected chi connectivity index (χ3v) is 8.56. The number of piperazine rings is 1. The van der Waals surface area contributed by atoms with E-state index in [1.807, 2.05) is 50.2 Å². The molecule has 2 aliphatic heterocycles. The number of hydrogen-bond donors (Lipinski definition) is 1. The maximum Gasteiger partial charge on any atom is 0.254 e. The molecule has 42 heavy (non-hydrogen) atoms. The van der Waals surface area contributed by atoms with Crippen molar-refractivity contribution in [1.29, 1.82) is 0 Å². The van der Waals surface area contributed by atoms with Gasteiger partial charge in [-0.2, -0.15) is 0 Å². The van der Waals surface area contributed by atoms with Crippen LogP contribution in [0.2, 0.25) is 0 Å². The molecule has 6 rings (SSSR count). The van der Waals surface area contributed by atoms with Crippen LogP contribution in [0.3, 0.4) is 0 Å². The zero-order chi connectivity index (χ0) is 29.4. The second-order valence-corrected chi connectivity index (χ2v) is 11.1. The van der Waals surface area contributed by atoms with Gasteiger partial charge in [-0.3, -0.25) is 9.59 Å². The minimum Gasteiger partial charge on any atom is -0.490 e. The number of nitrogens with one attached hydrogen (secondary N) is 1. The Hall–Kier alpha value is -4.33. The van der Waals surface area contributed by atoms with Crippen LogP contribution in [0.15, 0.2) is 66.7 Å². The SMILES string of the molecule is CCCOc1ccc(C2CN3C(=O)CN(CCc4ccccc4F)C(=O)[C@]3(C)c3[nH]c4ccccc4c32)cc1OCC. The van der Waals surface area contributed by atoms with Gasteiger partial charge in [-0.05, 0) is 67.6 Å². The Bertz CT molecular complexity index is 1650. The number of ether oxygens (including phenoxy) is 2. The van der Waals surface area contributed by atoms with Gasteiger partial charge in [0.2, 0.25) is 5.91 Å². The molecule has 2 amide bonds. The molecule has 1 aromatic heterocycles. The smallest absolute Gasteiger partial charge is 0.254 e. The molecule has 3 aromatic carbocycles. The fraction of sp³-hybridized carbons (Fsp3) is 0.353. The summed E-state index contributed by atoms with van der Waals surface area (Å²) >= 11 is 0. The van der Waals surface area contributed by atoms with Crippen molar-refractivity contribution in [3.63, 3.8) is 0 Å². The highest BCUT2D eigenvalue weighted by Gasteiger charge is 2.56. The molecule has 8 heteroatoms. The van der Waals surface area contributed by atoms with Crippen LogP contribution in [-0.2, 0) is 21.5 Å².